The van der Waals surface area contributed by atoms with Crippen LogP contribution in [0.15, 0.2) is 36.4 Å². The SMILES string of the molecule is Cc1ccc(COc2cc(F)cc(C(=O)O)c2)c(Cl)c1. The molecule has 3 nitrogen and oxygen atoms in total. The second kappa shape index (κ2) is 5.92. The lowest BCUT2D eigenvalue weighted by atomic mass is 10.1. The fourth-order valence-corrected chi connectivity index (χ4v) is 1.99. The van der Waals surface area contributed by atoms with Crippen LogP contribution in [0.5, 0.6) is 5.75 Å². The van der Waals surface area contributed by atoms with Gasteiger partial charge in [-0.3, -0.25) is 0 Å². The number of carboxylic acid groups (broad SMARTS) is 1. The van der Waals surface area contributed by atoms with Gasteiger partial charge in [0.05, 0.1) is 5.56 Å². The zero-order chi connectivity index (χ0) is 14.7. The van der Waals surface area contributed by atoms with Gasteiger partial charge in [0.2, 0.25) is 0 Å². The summed E-state index contributed by atoms with van der Waals surface area (Å²) < 4.78 is 18.7. The van der Waals surface area contributed by atoms with Crippen LogP contribution in [-0.2, 0) is 6.61 Å². The molecule has 0 aromatic heterocycles. The van der Waals surface area contributed by atoms with E-state index < -0.39 is 11.8 Å². The van der Waals surface area contributed by atoms with Crippen molar-refractivity contribution >= 4 is 17.6 Å². The van der Waals surface area contributed by atoms with E-state index >= 15 is 0 Å². The number of hydrogen-bond donors (Lipinski definition) is 1. The smallest absolute Gasteiger partial charge is 0.335 e. The molecule has 0 saturated carbocycles. The molecule has 20 heavy (non-hydrogen) atoms. The average Bonchev–Trinajstić information content (AvgIpc) is 2.37. The summed E-state index contributed by atoms with van der Waals surface area (Å²) in [4.78, 5) is 10.8. The molecule has 0 spiro atoms. The van der Waals surface area contributed by atoms with Crippen LogP contribution in [0.1, 0.15) is 21.5 Å². The first-order valence-electron chi connectivity index (χ1n) is 5.87. The van der Waals surface area contributed by atoms with E-state index in [1.165, 1.54) is 6.07 Å². The van der Waals surface area contributed by atoms with Crippen molar-refractivity contribution in [2.45, 2.75) is 13.5 Å². The highest BCUT2D eigenvalue weighted by Crippen LogP contribution is 2.22. The Bertz CT molecular complexity index is 656. The Kier molecular flexibility index (Phi) is 4.25. The number of ether oxygens (including phenoxy) is 1. The standard InChI is InChI=1S/C15H12ClFO3/c1-9-2-3-10(14(16)4-9)8-20-13-6-11(15(18)19)5-12(17)7-13/h2-7H,8H2,1H3,(H,18,19). The molecule has 0 unspecified atom stereocenters. The zero-order valence-corrected chi connectivity index (χ0v) is 11.4. The highest BCUT2D eigenvalue weighted by molar-refractivity contribution is 6.31. The van der Waals surface area contributed by atoms with Gasteiger partial charge in [-0.2, -0.15) is 0 Å². The van der Waals surface area contributed by atoms with Gasteiger partial charge in [0.15, 0.2) is 0 Å². The number of carbonyl (C=O) groups is 1. The molecular formula is C15H12ClFO3. The Hall–Kier alpha value is -2.07. The number of rotatable bonds is 4. The molecule has 2 aromatic carbocycles. The van der Waals surface area contributed by atoms with Crippen LogP contribution < -0.4 is 4.74 Å². The van der Waals surface area contributed by atoms with Crippen LogP contribution in [0, 0.1) is 12.7 Å². The Morgan fingerprint density at radius 2 is 2.05 bits per heavy atom. The Labute approximate surface area is 120 Å². The van der Waals surface area contributed by atoms with Gasteiger partial charge in [0.1, 0.15) is 18.2 Å². The third-order valence-electron chi connectivity index (χ3n) is 2.72. The molecule has 0 saturated heterocycles. The van der Waals surface area contributed by atoms with Gasteiger partial charge in [-0.25, -0.2) is 9.18 Å². The van der Waals surface area contributed by atoms with Gasteiger partial charge in [-0.15, -0.1) is 0 Å². The summed E-state index contributed by atoms with van der Waals surface area (Å²) in [6.07, 6.45) is 0. The van der Waals surface area contributed by atoms with Crippen LogP contribution in [0.25, 0.3) is 0 Å². The van der Waals surface area contributed by atoms with E-state index in [0.717, 1.165) is 23.3 Å². The Morgan fingerprint density at radius 1 is 1.30 bits per heavy atom. The fraction of sp³-hybridized carbons (Fsp3) is 0.133. The Morgan fingerprint density at radius 3 is 2.70 bits per heavy atom. The van der Waals surface area contributed by atoms with Gasteiger partial charge < -0.3 is 9.84 Å². The average molecular weight is 295 g/mol. The van der Waals surface area contributed by atoms with Crippen LogP contribution >= 0.6 is 11.6 Å². The van der Waals surface area contributed by atoms with Gasteiger partial charge in [-0.1, -0.05) is 23.7 Å². The molecule has 1 N–H and O–H groups in total. The molecule has 5 heteroatoms. The zero-order valence-electron chi connectivity index (χ0n) is 10.7. The van der Waals surface area contributed by atoms with E-state index in [2.05, 4.69) is 0 Å². The van der Waals surface area contributed by atoms with Gasteiger partial charge >= 0.3 is 5.97 Å². The van der Waals surface area contributed by atoms with E-state index in [-0.39, 0.29) is 17.9 Å². The van der Waals surface area contributed by atoms with Crippen molar-refractivity contribution in [2.24, 2.45) is 0 Å². The maximum absolute atomic E-state index is 13.3. The fourth-order valence-electron chi connectivity index (χ4n) is 1.70. The van der Waals surface area contributed by atoms with Crippen molar-refractivity contribution in [3.8, 4) is 5.75 Å². The number of halogens is 2. The van der Waals surface area contributed by atoms with E-state index in [9.17, 15) is 9.18 Å². The minimum absolute atomic E-state index is 0.141. The predicted molar refractivity (Wildman–Crippen MR) is 73.9 cm³/mol. The van der Waals surface area contributed by atoms with Crippen LogP contribution in [0.4, 0.5) is 4.39 Å². The summed E-state index contributed by atoms with van der Waals surface area (Å²) >= 11 is 6.06. The molecule has 0 bridgehead atoms. The third kappa shape index (κ3) is 3.48. The monoisotopic (exact) mass is 294 g/mol. The molecule has 0 atom stereocenters. The first-order valence-corrected chi connectivity index (χ1v) is 6.25. The van der Waals surface area contributed by atoms with Crippen molar-refractivity contribution in [3.05, 3.63) is 63.9 Å². The highest BCUT2D eigenvalue weighted by Gasteiger charge is 2.09. The van der Waals surface area contributed by atoms with E-state index in [0.29, 0.717) is 5.02 Å². The lowest BCUT2D eigenvalue weighted by molar-refractivity contribution is 0.0695. The Balaban J connectivity index is 2.16. The van der Waals surface area contributed by atoms with E-state index in [4.69, 9.17) is 21.4 Å². The summed E-state index contributed by atoms with van der Waals surface area (Å²) in [6.45, 7) is 2.06. The maximum Gasteiger partial charge on any atom is 0.335 e. The van der Waals surface area contributed by atoms with Gasteiger partial charge in [0.25, 0.3) is 0 Å². The molecule has 0 radical (unpaired) electrons. The topological polar surface area (TPSA) is 46.5 Å². The quantitative estimate of drug-likeness (QED) is 0.925. The summed E-state index contributed by atoms with van der Waals surface area (Å²) in [6, 6.07) is 8.85. The first-order chi connectivity index (χ1) is 9.45. The van der Waals surface area contributed by atoms with Crippen molar-refractivity contribution in [2.75, 3.05) is 0 Å². The lowest BCUT2D eigenvalue weighted by Gasteiger charge is -2.09. The van der Waals surface area contributed by atoms with Crippen molar-refractivity contribution in [1.29, 1.82) is 0 Å². The number of aromatic carboxylic acids is 1. The number of carboxylic acids is 1. The van der Waals surface area contributed by atoms with Crippen molar-refractivity contribution in [1.82, 2.24) is 0 Å². The minimum Gasteiger partial charge on any atom is -0.489 e. The van der Waals surface area contributed by atoms with Crippen LogP contribution in [0.2, 0.25) is 5.02 Å². The minimum atomic E-state index is -1.21. The normalized spacial score (nSPS) is 10.3. The van der Waals surface area contributed by atoms with Crippen molar-refractivity contribution in [3.63, 3.8) is 0 Å². The molecule has 104 valence electrons. The van der Waals surface area contributed by atoms with Crippen molar-refractivity contribution < 1.29 is 19.0 Å². The third-order valence-corrected chi connectivity index (χ3v) is 3.07. The number of hydrogen-bond acceptors (Lipinski definition) is 2. The van der Waals surface area contributed by atoms with E-state index in [1.807, 2.05) is 19.1 Å². The number of aryl methyl sites for hydroxylation is 1. The highest BCUT2D eigenvalue weighted by atomic mass is 35.5. The molecular weight excluding hydrogens is 283 g/mol. The van der Waals surface area contributed by atoms with Crippen LogP contribution in [0.3, 0.4) is 0 Å². The largest absolute Gasteiger partial charge is 0.489 e. The predicted octanol–water partition coefficient (Wildman–Crippen LogP) is 4.06. The molecule has 0 aliphatic carbocycles. The molecule has 2 aromatic rings. The molecule has 0 heterocycles. The molecule has 0 fully saturated rings. The summed E-state index contributed by atoms with van der Waals surface area (Å²) in [5, 5.41) is 9.41. The first kappa shape index (κ1) is 14.3. The summed E-state index contributed by atoms with van der Waals surface area (Å²) in [5.74, 6) is -1.71. The second-order valence-corrected chi connectivity index (χ2v) is 4.77. The van der Waals surface area contributed by atoms with E-state index in [1.54, 1.807) is 6.07 Å². The lowest BCUT2D eigenvalue weighted by Crippen LogP contribution is -2.01. The maximum atomic E-state index is 13.3. The van der Waals surface area contributed by atoms with Gasteiger partial charge in [0, 0.05) is 16.7 Å². The summed E-state index contributed by atoms with van der Waals surface area (Å²) in [5.41, 5.74) is 1.62. The summed E-state index contributed by atoms with van der Waals surface area (Å²) in [7, 11) is 0. The molecule has 2 rings (SSSR count). The van der Waals surface area contributed by atoms with Crippen LogP contribution in [-0.4, -0.2) is 11.1 Å². The number of benzene rings is 2. The van der Waals surface area contributed by atoms with Gasteiger partial charge in [-0.05, 0) is 30.7 Å². The molecule has 0 amide bonds. The molecule has 0 aliphatic heterocycles. The second-order valence-electron chi connectivity index (χ2n) is 4.36. The molecule has 0 aliphatic rings.